The molecule has 0 aliphatic carbocycles. The van der Waals surface area contributed by atoms with Gasteiger partial charge in [0, 0.05) is 23.9 Å². The molecule has 0 fully saturated rings. The zero-order chi connectivity index (χ0) is 12.1. The number of pyridine rings is 1. The first-order valence-corrected chi connectivity index (χ1v) is 5.56. The van der Waals surface area contributed by atoms with Gasteiger partial charge in [-0.2, -0.15) is 0 Å². The number of nitrogens with zero attached hydrogens (tertiary/aromatic N) is 2. The summed E-state index contributed by atoms with van der Waals surface area (Å²) in [7, 11) is 0. The van der Waals surface area contributed by atoms with Crippen molar-refractivity contribution >= 4 is 0 Å². The zero-order valence-electron chi connectivity index (χ0n) is 9.61. The van der Waals surface area contributed by atoms with Crippen LogP contribution in [0.5, 0.6) is 0 Å². The molecule has 2 aromatic rings. The fourth-order valence-electron chi connectivity index (χ4n) is 1.56. The second-order valence-electron chi connectivity index (χ2n) is 3.75. The summed E-state index contributed by atoms with van der Waals surface area (Å²) in [4.78, 5) is 3.79. The molecule has 0 aliphatic rings. The maximum Gasteiger partial charge on any atom is 0.172 e. The third kappa shape index (κ3) is 2.88. The van der Waals surface area contributed by atoms with Gasteiger partial charge < -0.3 is 9.84 Å². The van der Waals surface area contributed by atoms with Gasteiger partial charge in [0.1, 0.15) is 5.82 Å². The monoisotopic (exact) mass is 235 g/mol. The molecule has 0 atom stereocenters. The molecular formula is C12H14FN3O. The summed E-state index contributed by atoms with van der Waals surface area (Å²) in [5.41, 5.74) is 1.52. The summed E-state index contributed by atoms with van der Waals surface area (Å²) in [6, 6.07) is 1.39. The van der Waals surface area contributed by atoms with Crippen LogP contribution in [0.4, 0.5) is 4.39 Å². The first kappa shape index (κ1) is 11.7. The van der Waals surface area contributed by atoms with Crippen molar-refractivity contribution in [3.05, 3.63) is 36.0 Å². The lowest BCUT2D eigenvalue weighted by Crippen LogP contribution is -2.13. The third-order valence-electron chi connectivity index (χ3n) is 2.35. The van der Waals surface area contributed by atoms with E-state index in [4.69, 9.17) is 4.52 Å². The zero-order valence-corrected chi connectivity index (χ0v) is 9.61. The van der Waals surface area contributed by atoms with Gasteiger partial charge in [0.25, 0.3) is 0 Å². The van der Waals surface area contributed by atoms with E-state index < -0.39 is 0 Å². The molecule has 0 aliphatic heterocycles. The van der Waals surface area contributed by atoms with Crippen LogP contribution in [0.3, 0.4) is 0 Å². The lowest BCUT2D eigenvalue weighted by atomic mass is 10.1. The molecule has 5 heteroatoms. The van der Waals surface area contributed by atoms with Crippen molar-refractivity contribution in [1.82, 2.24) is 15.5 Å². The van der Waals surface area contributed by atoms with Gasteiger partial charge in [0.2, 0.25) is 0 Å². The second kappa shape index (κ2) is 5.54. The molecule has 2 aromatic heterocycles. The van der Waals surface area contributed by atoms with Crippen molar-refractivity contribution in [1.29, 1.82) is 0 Å². The minimum atomic E-state index is -0.383. The van der Waals surface area contributed by atoms with Crippen LogP contribution in [0.1, 0.15) is 18.9 Å². The van der Waals surface area contributed by atoms with Gasteiger partial charge >= 0.3 is 0 Å². The molecule has 0 unspecified atom stereocenters. The van der Waals surface area contributed by atoms with E-state index in [0.717, 1.165) is 24.7 Å². The van der Waals surface area contributed by atoms with Gasteiger partial charge in [-0.1, -0.05) is 12.1 Å². The van der Waals surface area contributed by atoms with Crippen molar-refractivity contribution in [3.63, 3.8) is 0 Å². The summed E-state index contributed by atoms with van der Waals surface area (Å²) in [5.74, 6) is 0.187. The van der Waals surface area contributed by atoms with Gasteiger partial charge in [0.05, 0.1) is 12.4 Å². The van der Waals surface area contributed by atoms with Crippen LogP contribution in [0.2, 0.25) is 0 Å². The van der Waals surface area contributed by atoms with Crippen molar-refractivity contribution < 1.29 is 8.91 Å². The first-order valence-electron chi connectivity index (χ1n) is 5.56. The summed E-state index contributed by atoms with van der Waals surface area (Å²) >= 11 is 0. The Hall–Kier alpha value is -1.75. The number of hydrogen-bond donors (Lipinski definition) is 1. The summed E-state index contributed by atoms with van der Waals surface area (Å²) in [6.45, 7) is 3.67. The standard InChI is InChI=1S/C12H14FN3O/c1-2-3-14-6-10-7-16-17-12(10)9-4-11(13)8-15-5-9/h4-5,7-8,14H,2-3,6H2,1H3. The molecule has 0 aromatic carbocycles. The highest BCUT2D eigenvalue weighted by molar-refractivity contribution is 5.59. The highest BCUT2D eigenvalue weighted by atomic mass is 19.1. The Labute approximate surface area is 98.8 Å². The highest BCUT2D eigenvalue weighted by Crippen LogP contribution is 2.23. The predicted octanol–water partition coefficient (Wildman–Crippen LogP) is 2.38. The number of nitrogens with one attached hydrogen (secondary N) is 1. The molecule has 0 spiro atoms. The Kier molecular flexibility index (Phi) is 3.82. The molecule has 0 bridgehead atoms. The van der Waals surface area contributed by atoms with E-state index in [1.165, 1.54) is 6.07 Å². The molecule has 2 rings (SSSR count). The Morgan fingerprint density at radius 2 is 2.24 bits per heavy atom. The van der Waals surface area contributed by atoms with Gasteiger partial charge in [0.15, 0.2) is 5.76 Å². The topological polar surface area (TPSA) is 51.0 Å². The molecule has 0 saturated carbocycles. The van der Waals surface area contributed by atoms with Crippen LogP contribution in [0, 0.1) is 5.82 Å². The summed E-state index contributed by atoms with van der Waals surface area (Å²) < 4.78 is 18.2. The molecule has 17 heavy (non-hydrogen) atoms. The van der Waals surface area contributed by atoms with E-state index in [1.807, 2.05) is 0 Å². The summed E-state index contributed by atoms with van der Waals surface area (Å²) in [5, 5.41) is 6.99. The van der Waals surface area contributed by atoms with Crippen LogP contribution >= 0.6 is 0 Å². The largest absolute Gasteiger partial charge is 0.356 e. The lowest BCUT2D eigenvalue weighted by molar-refractivity contribution is 0.431. The molecule has 2 heterocycles. The van der Waals surface area contributed by atoms with Crippen molar-refractivity contribution in [2.75, 3.05) is 6.54 Å². The van der Waals surface area contributed by atoms with Crippen LogP contribution in [0.15, 0.2) is 29.2 Å². The number of halogens is 1. The average molecular weight is 235 g/mol. The lowest BCUT2D eigenvalue weighted by Gasteiger charge is -2.02. The molecule has 0 radical (unpaired) electrons. The average Bonchev–Trinajstić information content (AvgIpc) is 2.78. The highest BCUT2D eigenvalue weighted by Gasteiger charge is 2.11. The fourth-order valence-corrected chi connectivity index (χ4v) is 1.56. The number of hydrogen-bond acceptors (Lipinski definition) is 4. The maximum atomic E-state index is 13.1. The van der Waals surface area contributed by atoms with Crippen molar-refractivity contribution in [2.45, 2.75) is 19.9 Å². The van der Waals surface area contributed by atoms with Gasteiger partial charge in [-0.15, -0.1) is 0 Å². The number of aromatic nitrogens is 2. The fraction of sp³-hybridized carbons (Fsp3) is 0.333. The van der Waals surface area contributed by atoms with Crippen LogP contribution < -0.4 is 5.32 Å². The molecular weight excluding hydrogens is 221 g/mol. The number of rotatable bonds is 5. The molecule has 4 nitrogen and oxygen atoms in total. The van der Waals surface area contributed by atoms with Crippen molar-refractivity contribution in [3.8, 4) is 11.3 Å². The Balaban J connectivity index is 2.18. The summed E-state index contributed by atoms with van der Waals surface area (Å²) in [6.07, 6.45) is 5.42. The Bertz CT molecular complexity index is 484. The minimum Gasteiger partial charge on any atom is -0.356 e. The van der Waals surface area contributed by atoms with E-state index in [2.05, 4.69) is 22.4 Å². The quantitative estimate of drug-likeness (QED) is 0.808. The first-order chi connectivity index (χ1) is 8.31. The van der Waals surface area contributed by atoms with Crippen LogP contribution in [-0.2, 0) is 6.54 Å². The molecule has 1 N–H and O–H groups in total. The van der Waals surface area contributed by atoms with E-state index in [0.29, 0.717) is 17.9 Å². The van der Waals surface area contributed by atoms with Gasteiger partial charge in [-0.3, -0.25) is 4.98 Å². The smallest absolute Gasteiger partial charge is 0.172 e. The third-order valence-corrected chi connectivity index (χ3v) is 2.35. The predicted molar refractivity (Wildman–Crippen MR) is 61.7 cm³/mol. The SMILES string of the molecule is CCCNCc1cnoc1-c1cncc(F)c1. The van der Waals surface area contributed by atoms with Crippen LogP contribution in [-0.4, -0.2) is 16.7 Å². The van der Waals surface area contributed by atoms with Gasteiger partial charge in [-0.05, 0) is 19.0 Å². The normalized spacial score (nSPS) is 10.7. The molecule has 90 valence electrons. The minimum absolute atomic E-state index is 0.383. The van der Waals surface area contributed by atoms with Crippen molar-refractivity contribution in [2.24, 2.45) is 0 Å². The van der Waals surface area contributed by atoms with Crippen LogP contribution in [0.25, 0.3) is 11.3 Å². The molecule has 0 amide bonds. The second-order valence-corrected chi connectivity index (χ2v) is 3.75. The van der Waals surface area contributed by atoms with E-state index in [-0.39, 0.29) is 5.82 Å². The van der Waals surface area contributed by atoms with E-state index in [1.54, 1.807) is 12.4 Å². The van der Waals surface area contributed by atoms with E-state index in [9.17, 15) is 4.39 Å². The molecule has 0 saturated heterocycles. The maximum absolute atomic E-state index is 13.1. The van der Waals surface area contributed by atoms with E-state index >= 15 is 0 Å². The Morgan fingerprint density at radius 3 is 3.00 bits per heavy atom. The van der Waals surface area contributed by atoms with Gasteiger partial charge in [-0.25, -0.2) is 4.39 Å². The Morgan fingerprint density at radius 1 is 1.35 bits per heavy atom.